The van der Waals surface area contributed by atoms with Gasteiger partial charge in [-0.2, -0.15) is 8.78 Å². The predicted octanol–water partition coefficient (Wildman–Crippen LogP) is 4.43. The first-order valence-corrected chi connectivity index (χ1v) is 8.00. The minimum Gasteiger partial charge on any atom is -0.493 e. The molecule has 0 aromatic heterocycles. The molecule has 0 unspecified atom stereocenters. The molecule has 0 amide bonds. The van der Waals surface area contributed by atoms with Crippen LogP contribution in [-0.4, -0.2) is 30.8 Å². The maximum atomic E-state index is 12.4. The minimum atomic E-state index is -2.89. The molecule has 7 heteroatoms. The van der Waals surface area contributed by atoms with Crippen molar-refractivity contribution in [2.75, 3.05) is 19.5 Å². The highest BCUT2D eigenvalue weighted by Crippen LogP contribution is 2.29. The fraction of sp³-hybridized carbons (Fsp3) is 0.278. The van der Waals surface area contributed by atoms with E-state index in [0.717, 1.165) is 16.8 Å². The molecule has 1 N–H and O–H groups in total. The van der Waals surface area contributed by atoms with E-state index in [1.54, 1.807) is 12.1 Å². The molecule has 4 nitrogen and oxygen atoms in total. The molecule has 25 heavy (non-hydrogen) atoms. The molecule has 0 aliphatic carbocycles. The van der Waals surface area contributed by atoms with Crippen LogP contribution < -0.4 is 14.8 Å². The van der Waals surface area contributed by atoms with Crippen molar-refractivity contribution in [3.05, 3.63) is 53.6 Å². The molecule has 0 saturated heterocycles. The van der Waals surface area contributed by atoms with Crippen molar-refractivity contribution in [3.63, 3.8) is 0 Å². The summed E-state index contributed by atoms with van der Waals surface area (Å²) in [6.07, 6.45) is 0. The number of halogens is 2. The van der Waals surface area contributed by atoms with Gasteiger partial charge in [0.15, 0.2) is 16.6 Å². The van der Waals surface area contributed by atoms with Gasteiger partial charge in [-0.3, -0.25) is 0 Å². The zero-order valence-electron chi connectivity index (χ0n) is 14.3. The van der Waals surface area contributed by atoms with Crippen molar-refractivity contribution < 1.29 is 18.3 Å². The van der Waals surface area contributed by atoms with E-state index in [2.05, 4.69) is 10.1 Å². The second-order valence-electron chi connectivity index (χ2n) is 5.52. The van der Waals surface area contributed by atoms with Gasteiger partial charge in [-0.1, -0.05) is 18.2 Å². The average Bonchev–Trinajstić information content (AvgIpc) is 2.55. The molecule has 0 spiro atoms. The summed E-state index contributed by atoms with van der Waals surface area (Å²) in [7, 11) is 3.26. The summed E-state index contributed by atoms with van der Waals surface area (Å²) in [6.45, 7) is -0.399. The molecule has 0 aliphatic rings. The summed E-state index contributed by atoms with van der Waals surface area (Å²) >= 11 is 5.40. The number of ether oxygens (including phenoxy) is 2. The number of hydrogen-bond acceptors (Lipinski definition) is 3. The van der Waals surface area contributed by atoms with Crippen LogP contribution in [0.2, 0.25) is 0 Å². The number of nitrogens with one attached hydrogen (secondary N) is 1. The summed E-state index contributed by atoms with van der Waals surface area (Å²) in [5, 5.41) is 3.72. The van der Waals surface area contributed by atoms with Gasteiger partial charge in [0.25, 0.3) is 0 Å². The highest BCUT2D eigenvalue weighted by Gasteiger charge is 2.12. The second kappa shape index (κ2) is 8.62. The molecule has 0 radical (unpaired) electrons. The third-order valence-electron chi connectivity index (χ3n) is 3.48. The molecule has 0 aliphatic heterocycles. The van der Waals surface area contributed by atoms with Crippen molar-refractivity contribution in [1.29, 1.82) is 0 Å². The monoisotopic (exact) mass is 366 g/mol. The van der Waals surface area contributed by atoms with E-state index in [1.165, 1.54) is 13.2 Å². The molecule has 0 fully saturated rings. The number of thiocarbonyl (C=S) groups is 1. The van der Waals surface area contributed by atoms with Crippen LogP contribution in [0.4, 0.5) is 14.5 Å². The highest BCUT2D eigenvalue weighted by atomic mass is 32.1. The maximum Gasteiger partial charge on any atom is 0.387 e. The van der Waals surface area contributed by atoms with Crippen molar-refractivity contribution >= 4 is 23.0 Å². The summed E-state index contributed by atoms with van der Waals surface area (Å²) in [5.74, 6) is 0.258. The van der Waals surface area contributed by atoms with Gasteiger partial charge < -0.3 is 19.7 Å². The van der Waals surface area contributed by atoms with E-state index in [9.17, 15) is 8.78 Å². The Morgan fingerprint density at radius 2 is 1.96 bits per heavy atom. The van der Waals surface area contributed by atoms with Gasteiger partial charge >= 0.3 is 6.61 Å². The first-order chi connectivity index (χ1) is 11.9. The number of alkyl halides is 2. The molecular weight excluding hydrogens is 346 g/mol. The lowest BCUT2D eigenvalue weighted by atomic mass is 10.2. The van der Waals surface area contributed by atoms with Gasteiger partial charge in [0.2, 0.25) is 0 Å². The molecule has 2 aromatic carbocycles. The molecule has 2 rings (SSSR count). The van der Waals surface area contributed by atoms with Crippen LogP contribution >= 0.6 is 12.2 Å². The van der Waals surface area contributed by atoms with Gasteiger partial charge in [0, 0.05) is 19.3 Å². The Kier molecular flexibility index (Phi) is 6.52. The molecule has 0 bridgehead atoms. The lowest BCUT2D eigenvalue weighted by molar-refractivity contribution is -0.0512. The zero-order chi connectivity index (χ0) is 18.4. The topological polar surface area (TPSA) is 33.7 Å². The summed E-state index contributed by atoms with van der Waals surface area (Å²) < 4.78 is 34.3. The molecule has 134 valence electrons. The number of methoxy groups -OCH3 is 1. The quantitative estimate of drug-likeness (QED) is 0.765. The summed E-state index contributed by atoms with van der Waals surface area (Å²) in [6, 6.07) is 12.7. The van der Waals surface area contributed by atoms with Gasteiger partial charge in [0.05, 0.1) is 7.11 Å². The van der Waals surface area contributed by atoms with Gasteiger partial charge in [-0.05, 0) is 54.5 Å². The third-order valence-corrected chi connectivity index (χ3v) is 3.89. The normalized spacial score (nSPS) is 10.5. The van der Waals surface area contributed by atoms with E-state index in [4.69, 9.17) is 17.0 Å². The van der Waals surface area contributed by atoms with E-state index in [1.807, 2.05) is 43.1 Å². The minimum absolute atomic E-state index is 0.00404. The zero-order valence-corrected chi connectivity index (χ0v) is 15.1. The van der Waals surface area contributed by atoms with Crippen LogP contribution in [0.1, 0.15) is 11.1 Å². The first kappa shape index (κ1) is 18.9. The highest BCUT2D eigenvalue weighted by molar-refractivity contribution is 7.80. The largest absolute Gasteiger partial charge is 0.493 e. The fourth-order valence-corrected chi connectivity index (χ4v) is 2.47. The van der Waals surface area contributed by atoms with E-state index >= 15 is 0 Å². The van der Waals surface area contributed by atoms with Crippen molar-refractivity contribution in [1.82, 2.24) is 4.90 Å². The molecular formula is C18H20F2N2O2S. The Balaban J connectivity index is 2.04. The van der Waals surface area contributed by atoms with E-state index < -0.39 is 6.61 Å². The Morgan fingerprint density at radius 1 is 1.20 bits per heavy atom. The Labute approximate surface area is 151 Å². The third kappa shape index (κ3) is 5.56. The number of aryl methyl sites for hydroxylation is 1. The molecule has 0 atom stereocenters. The number of anilines is 1. The van der Waals surface area contributed by atoms with Gasteiger partial charge in [-0.25, -0.2) is 0 Å². The lowest BCUT2D eigenvalue weighted by Gasteiger charge is -2.22. The smallest absolute Gasteiger partial charge is 0.387 e. The predicted molar refractivity (Wildman–Crippen MR) is 98.5 cm³/mol. The van der Waals surface area contributed by atoms with E-state index in [-0.39, 0.29) is 11.5 Å². The number of benzene rings is 2. The maximum absolute atomic E-state index is 12.4. The van der Waals surface area contributed by atoms with Crippen LogP contribution in [0.5, 0.6) is 11.5 Å². The van der Waals surface area contributed by atoms with Crippen molar-refractivity contribution in [3.8, 4) is 11.5 Å². The van der Waals surface area contributed by atoms with Crippen LogP contribution in [-0.2, 0) is 6.54 Å². The summed E-state index contributed by atoms with van der Waals surface area (Å²) in [4.78, 5) is 1.85. The Bertz CT molecular complexity index is 741. The van der Waals surface area contributed by atoms with Crippen molar-refractivity contribution in [2.45, 2.75) is 20.1 Å². The Hall–Kier alpha value is -2.41. The fourth-order valence-electron chi connectivity index (χ4n) is 2.29. The number of nitrogens with zero attached hydrogens (tertiary/aromatic N) is 1. The van der Waals surface area contributed by atoms with Crippen LogP contribution in [0.3, 0.4) is 0 Å². The molecule has 2 aromatic rings. The van der Waals surface area contributed by atoms with E-state index in [0.29, 0.717) is 11.7 Å². The van der Waals surface area contributed by atoms with Gasteiger partial charge in [0.1, 0.15) is 0 Å². The number of hydrogen-bond donors (Lipinski definition) is 1. The van der Waals surface area contributed by atoms with Crippen LogP contribution in [0, 0.1) is 6.92 Å². The SMILES string of the molecule is COc1cc(CN(C)C(=S)Nc2cccc(C)c2)ccc1OC(F)F. The number of rotatable bonds is 6. The van der Waals surface area contributed by atoms with Gasteiger partial charge in [-0.15, -0.1) is 0 Å². The Morgan fingerprint density at radius 3 is 2.60 bits per heavy atom. The van der Waals surface area contributed by atoms with Crippen LogP contribution in [0.15, 0.2) is 42.5 Å². The first-order valence-electron chi connectivity index (χ1n) is 7.59. The summed E-state index contributed by atoms with van der Waals surface area (Å²) in [5.41, 5.74) is 2.90. The second-order valence-corrected chi connectivity index (χ2v) is 5.91. The standard InChI is InChI=1S/C18H20F2N2O2S/c1-12-5-4-6-14(9-12)21-18(25)22(2)11-13-7-8-15(24-17(19)20)16(10-13)23-3/h4-10,17H,11H2,1-3H3,(H,21,25). The molecule has 0 saturated carbocycles. The lowest BCUT2D eigenvalue weighted by Crippen LogP contribution is -2.30. The molecule has 0 heterocycles. The van der Waals surface area contributed by atoms with Crippen LogP contribution in [0.25, 0.3) is 0 Å². The average molecular weight is 366 g/mol. The van der Waals surface area contributed by atoms with Crippen molar-refractivity contribution in [2.24, 2.45) is 0 Å².